The average Bonchev–Trinajstić information content (AvgIpc) is 2.56. The number of hydrogen-bond donors (Lipinski definition) is 2. The summed E-state index contributed by atoms with van der Waals surface area (Å²) in [6.07, 6.45) is 2.21. The maximum Gasteiger partial charge on any atom is 0.238 e. The molecule has 1 saturated heterocycles. The van der Waals surface area contributed by atoms with Gasteiger partial charge in [-0.15, -0.1) is 11.8 Å². The van der Waals surface area contributed by atoms with E-state index in [0.29, 0.717) is 0 Å². The lowest BCUT2D eigenvalue weighted by molar-refractivity contribution is -0.122. The van der Waals surface area contributed by atoms with Crippen LogP contribution in [0.2, 0.25) is 0 Å². The zero-order valence-corrected chi connectivity index (χ0v) is 8.25. The van der Waals surface area contributed by atoms with E-state index in [0.717, 1.165) is 31.0 Å². The van der Waals surface area contributed by atoms with Crippen LogP contribution in [0.25, 0.3) is 0 Å². The van der Waals surface area contributed by atoms with E-state index in [1.54, 1.807) is 11.8 Å². The summed E-state index contributed by atoms with van der Waals surface area (Å²) in [4.78, 5) is 11.3. The smallest absolute Gasteiger partial charge is 0.238 e. The fourth-order valence-electron chi connectivity index (χ4n) is 1.08. The van der Waals surface area contributed by atoms with Gasteiger partial charge in [-0.2, -0.15) is 0 Å². The summed E-state index contributed by atoms with van der Waals surface area (Å²) in [5.74, 6) is 1.98. The van der Waals surface area contributed by atoms with E-state index < -0.39 is 0 Å². The molecule has 1 unspecified atom stereocenters. The molecule has 70 valence electrons. The predicted octanol–water partition coefficient (Wildman–Crippen LogP) is 0.565. The van der Waals surface area contributed by atoms with E-state index in [4.69, 9.17) is 0 Å². The first-order valence-corrected chi connectivity index (χ1v) is 5.59. The van der Waals surface area contributed by atoms with Crippen LogP contribution in [0.3, 0.4) is 0 Å². The molecule has 1 heterocycles. The number of rotatable bonds is 4. The Morgan fingerprint density at radius 1 is 1.75 bits per heavy atom. The van der Waals surface area contributed by atoms with Crippen LogP contribution in [0, 0.1) is 0 Å². The van der Waals surface area contributed by atoms with E-state index in [-0.39, 0.29) is 11.9 Å². The standard InChI is InChI=1S/C8H16N2OS/c1-2-3-4-9-8(11)7-5-12-6-10-7/h7,10H,2-6H2,1H3,(H,9,11). The third-order valence-electron chi connectivity index (χ3n) is 1.86. The number of hydrogen-bond acceptors (Lipinski definition) is 3. The van der Waals surface area contributed by atoms with Gasteiger partial charge in [-0.05, 0) is 6.42 Å². The van der Waals surface area contributed by atoms with Gasteiger partial charge in [0.15, 0.2) is 0 Å². The molecular weight excluding hydrogens is 172 g/mol. The number of carbonyl (C=O) groups is 1. The monoisotopic (exact) mass is 188 g/mol. The van der Waals surface area contributed by atoms with Gasteiger partial charge in [0.25, 0.3) is 0 Å². The molecule has 0 saturated carbocycles. The topological polar surface area (TPSA) is 41.1 Å². The Morgan fingerprint density at radius 2 is 2.58 bits per heavy atom. The van der Waals surface area contributed by atoms with Crippen LogP contribution in [0.4, 0.5) is 0 Å². The van der Waals surface area contributed by atoms with Crippen molar-refractivity contribution in [3.05, 3.63) is 0 Å². The van der Waals surface area contributed by atoms with Crippen LogP contribution in [-0.4, -0.2) is 30.1 Å². The van der Waals surface area contributed by atoms with E-state index in [1.165, 1.54) is 0 Å². The third-order valence-corrected chi connectivity index (χ3v) is 2.80. The summed E-state index contributed by atoms with van der Waals surface area (Å²) in [6, 6.07) is 0.0480. The number of thioether (sulfide) groups is 1. The lowest BCUT2D eigenvalue weighted by Gasteiger charge is -2.09. The lowest BCUT2D eigenvalue weighted by atomic mass is 10.3. The van der Waals surface area contributed by atoms with Gasteiger partial charge in [-0.3, -0.25) is 10.1 Å². The van der Waals surface area contributed by atoms with Gasteiger partial charge in [0.1, 0.15) is 0 Å². The van der Waals surface area contributed by atoms with E-state index in [2.05, 4.69) is 17.6 Å². The second-order valence-electron chi connectivity index (χ2n) is 2.92. The number of nitrogens with one attached hydrogen (secondary N) is 2. The van der Waals surface area contributed by atoms with Gasteiger partial charge in [0.05, 0.1) is 6.04 Å². The highest BCUT2D eigenvalue weighted by atomic mass is 32.2. The molecule has 0 radical (unpaired) electrons. The highest BCUT2D eigenvalue weighted by Gasteiger charge is 2.21. The molecule has 0 aromatic heterocycles. The number of amides is 1. The normalized spacial score (nSPS) is 22.6. The SMILES string of the molecule is CCCCNC(=O)C1CSCN1. The molecule has 0 spiro atoms. The van der Waals surface area contributed by atoms with Crippen LogP contribution in [0.15, 0.2) is 0 Å². The van der Waals surface area contributed by atoms with Crippen LogP contribution in [0.1, 0.15) is 19.8 Å². The van der Waals surface area contributed by atoms with Gasteiger partial charge < -0.3 is 5.32 Å². The molecule has 0 aromatic rings. The number of unbranched alkanes of at least 4 members (excludes halogenated alkanes) is 1. The van der Waals surface area contributed by atoms with Crippen LogP contribution < -0.4 is 10.6 Å². The second kappa shape index (κ2) is 5.43. The Morgan fingerprint density at radius 3 is 3.17 bits per heavy atom. The van der Waals surface area contributed by atoms with Crippen molar-refractivity contribution in [3.63, 3.8) is 0 Å². The number of carbonyl (C=O) groups excluding carboxylic acids is 1. The maximum atomic E-state index is 11.3. The first kappa shape index (κ1) is 9.86. The molecule has 4 heteroatoms. The minimum Gasteiger partial charge on any atom is -0.355 e. The van der Waals surface area contributed by atoms with E-state index in [1.807, 2.05) is 0 Å². The Labute approximate surface area is 77.7 Å². The minimum absolute atomic E-state index is 0.0480. The van der Waals surface area contributed by atoms with Gasteiger partial charge in [0.2, 0.25) is 5.91 Å². The molecule has 12 heavy (non-hydrogen) atoms. The lowest BCUT2D eigenvalue weighted by Crippen LogP contribution is -2.42. The largest absolute Gasteiger partial charge is 0.355 e. The fraction of sp³-hybridized carbons (Fsp3) is 0.875. The van der Waals surface area contributed by atoms with Crippen molar-refractivity contribution < 1.29 is 4.79 Å². The summed E-state index contributed by atoms with van der Waals surface area (Å²) in [5.41, 5.74) is 0. The van der Waals surface area contributed by atoms with Gasteiger partial charge in [-0.1, -0.05) is 13.3 Å². The van der Waals surface area contributed by atoms with Crippen LogP contribution >= 0.6 is 11.8 Å². The summed E-state index contributed by atoms with van der Waals surface area (Å²) in [7, 11) is 0. The zero-order valence-electron chi connectivity index (χ0n) is 7.43. The average molecular weight is 188 g/mol. The van der Waals surface area contributed by atoms with Gasteiger partial charge in [-0.25, -0.2) is 0 Å². The maximum absolute atomic E-state index is 11.3. The fourth-order valence-corrected chi connectivity index (χ4v) is 2.02. The van der Waals surface area contributed by atoms with E-state index >= 15 is 0 Å². The first-order chi connectivity index (χ1) is 5.84. The van der Waals surface area contributed by atoms with Crippen molar-refractivity contribution in [2.24, 2.45) is 0 Å². The summed E-state index contributed by atoms with van der Waals surface area (Å²) < 4.78 is 0. The Hall–Kier alpha value is -0.220. The highest BCUT2D eigenvalue weighted by Crippen LogP contribution is 2.08. The Balaban J connectivity index is 2.10. The van der Waals surface area contributed by atoms with Crippen molar-refractivity contribution in [1.29, 1.82) is 0 Å². The first-order valence-electron chi connectivity index (χ1n) is 4.43. The zero-order chi connectivity index (χ0) is 8.81. The van der Waals surface area contributed by atoms with Crippen LogP contribution in [0.5, 0.6) is 0 Å². The summed E-state index contributed by atoms with van der Waals surface area (Å²) in [5, 5.41) is 6.04. The molecule has 0 bridgehead atoms. The molecule has 0 aromatic carbocycles. The van der Waals surface area contributed by atoms with Crippen molar-refractivity contribution in [2.45, 2.75) is 25.8 Å². The second-order valence-corrected chi connectivity index (χ2v) is 3.95. The minimum atomic E-state index is 0.0480. The summed E-state index contributed by atoms with van der Waals surface area (Å²) >= 11 is 1.78. The third kappa shape index (κ3) is 3.03. The molecular formula is C8H16N2OS. The van der Waals surface area contributed by atoms with Gasteiger partial charge in [0, 0.05) is 18.2 Å². The van der Waals surface area contributed by atoms with Gasteiger partial charge >= 0.3 is 0 Å². The molecule has 1 rings (SSSR count). The van der Waals surface area contributed by atoms with Crippen molar-refractivity contribution in [2.75, 3.05) is 18.2 Å². The highest BCUT2D eigenvalue weighted by molar-refractivity contribution is 7.99. The summed E-state index contributed by atoms with van der Waals surface area (Å²) in [6.45, 7) is 2.94. The molecule has 1 aliphatic rings. The molecule has 0 aliphatic carbocycles. The van der Waals surface area contributed by atoms with Crippen molar-refractivity contribution in [1.82, 2.24) is 10.6 Å². The Bertz CT molecular complexity index is 146. The van der Waals surface area contributed by atoms with Crippen molar-refractivity contribution in [3.8, 4) is 0 Å². The van der Waals surface area contributed by atoms with Crippen LogP contribution in [-0.2, 0) is 4.79 Å². The molecule has 2 N–H and O–H groups in total. The quantitative estimate of drug-likeness (QED) is 0.634. The molecule has 1 atom stereocenters. The Kier molecular flexibility index (Phi) is 4.46. The molecule has 1 aliphatic heterocycles. The van der Waals surface area contributed by atoms with Crippen molar-refractivity contribution >= 4 is 17.7 Å². The predicted molar refractivity (Wildman–Crippen MR) is 52.2 cm³/mol. The molecule has 1 fully saturated rings. The van der Waals surface area contributed by atoms with E-state index in [9.17, 15) is 4.79 Å². The molecule has 1 amide bonds. The molecule has 3 nitrogen and oxygen atoms in total.